The molecule has 0 saturated heterocycles. The molecule has 7 heteroatoms. The first-order valence-electron chi connectivity index (χ1n) is 6.59. The average Bonchev–Trinajstić information content (AvgIpc) is 2.94. The molecule has 22 heavy (non-hydrogen) atoms. The smallest absolute Gasteiger partial charge is 0.377 e. The van der Waals surface area contributed by atoms with E-state index in [1.807, 2.05) is 0 Å². The zero-order chi connectivity index (χ0) is 16.1. The van der Waals surface area contributed by atoms with E-state index in [1.165, 1.54) is 13.0 Å². The SMILES string of the molecule is COc1ccc(NC(=O)[C@H](C)OC(=O)c2cc(C)no2)cc1. The summed E-state index contributed by atoms with van der Waals surface area (Å²) in [6, 6.07) is 8.24. The van der Waals surface area contributed by atoms with Gasteiger partial charge in [0.25, 0.3) is 5.91 Å². The van der Waals surface area contributed by atoms with E-state index in [-0.39, 0.29) is 5.76 Å². The van der Waals surface area contributed by atoms with Crippen molar-refractivity contribution in [3.8, 4) is 5.75 Å². The molecule has 1 aromatic carbocycles. The molecule has 0 saturated carbocycles. The number of ether oxygens (including phenoxy) is 2. The van der Waals surface area contributed by atoms with Crippen LogP contribution in [0.3, 0.4) is 0 Å². The third-order valence-electron chi connectivity index (χ3n) is 2.84. The topological polar surface area (TPSA) is 90.7 Å². The summed E-state index contributed by atoms with van der Waals surface area (Å²) in [6.45, 7) is 3.15. The van der Waals surface area contributed by atoms with Crippen molar-refractivity contribution in [2.45, 2.75) is 20.0 Å². The molecule has 1 atom stereocenters. The molecule has 1 heterocycles. The molecule has 116 valence electrons. The Morgan fingerprint density at radius 1 is 1.27 bits per heavy atom. The Morgan fingerprint density at radius 2 is 1.95 bits per heavy atom. The predicted molar refractivity (Wildman–Crippen MR) is 77.7 cm³/mol. The molecule has 2 rings (SSSR count). The molecule has 2 aromatic rings. The van der Waals surface area contributed by atoms with Crippen molar-refractivity contribution in [1.82, 2.24) is 5.16 Å². The third kappa shape index (κ3) is 3.85. The predicted octanol–water partition coefficient (Wildman–Crippen LogP) is 2.18. The fourth-order valence-corrected chi connectivity index (χ4v) is 1.65. The molecule has 0 aliphatic heterocycles. The highest BCUT2D eigenvalue weighted by Gasteiger charge is 2.21. The van der Waals surface area contributed by atoms with Gasteiger partial charge in [-0.3, -0.25) is 4.79 Å². The lowest BCUT2D eigenvalue weighted by Crippen LogP contribution is -2.29. The lowest BCUT2D eigenvalue weighted by molar-refractivity contribution is -0.123. The maximum absolute atomic E-state index is 12.0. The van der Waals surface area contributed by atoms with Gasteiger partial charge >= 0.3 is 5.97 Å². The number of benzene rings is 1. The Hall–Kier alpha value is -2.83. The van der Waals surface area contributed by atoms with Crippen LogP contribution in [0, 0.1) is 6.92 Å². The minimum Gasteiger partial charge on any atom is -0.497 e. The molecule has 0 fully saturated rings. The zero-order valence-electron chi connectivity index (χ0n) is 12.5. The lowest BCUT2D eigenvalue weighted by atomic mass is 10.3. The first kappa shape index (κ1) is 15.6. The number of anilines is 1. The van der Waals surface area contributed by atoms with Crippen molar-refractivity contribution >= 4 is 17.6 Å². The third-order valence-corrected chi connectivity index (χ3v) is 2.84. The molecule has 7 nitrogen and oxygen atoms in total. The molecule has 0 radical (unpaired) electrons. The Bertz CT molecular complexity index is 663. The van der Waals surface area contributed by atoms with E-state index in [1.54, 1.807) is 38.3 Å². The molecule has 0 aliphatic rings. The highest BCUT2D eigenvalue weighted by molar-refractivity contribution is 5.96. The Balaban J connectivity index is 1.92. The number of nitrogens with zero attached hydrogens (tertiary/aromatic N) is 1. The van der Waals surface area contributed by atoms with Crippen molar-refractivity contribution in [1.29, 1.82) is 0 Å². The average molecular weight is 304 g/mol. The summed E-state index contributed by atoms with van der Waals surface area (Å²) in [7, 11) is 1.56. The van der Waals surface area contributed by atoms with Crippen LogP contribution in [0.5, 0.6) is 5.75 Å². The normalized spacial score (nSPS) is 11.6. The maximum atomic E-state index is 12.0. The number of rotatable bonds is 5. The van der Waals surface area contributed by atoms with Crippen molar-refractivity contribution in [2.75, 3.05) is 12.4 Å². The van der Waals surface area contributed by atoms with Crippen LogP contribution < -0.4 is 10.1 Å². The van der Waals surface area contributed by atoms with Crippen LogP contribution in [0.15, 0.2) is 34.9 Å². The number of amides is 1. The van der Waals surface area contributed by atoms with Gasteiger partial charge in [-0.25, -0.2) is 4.79 Å². The number of aryl methyl sites for hydroxylation is 1. The summed E-state index contributed by atoms with van der Waals surface area (Å²) in [4.78, 5) is 23.7. The number of hydrogen-bond acceptors (Lipinski definition) is 6. The van der Waals surface area contributed by atoms with E-state index in [4.69, 9.17) is 14.0 Å². The van der Waals surface area contributed by atoms with Gasteiger partial charge in [-0.1, -0.05) is 5.16 Å². The molecule has 0 aliphatic carbocycles. The van der Waals surface area contributed by atoms with Crippen molar-refractivity contribution in [3.63, 3.8) is 0 Å². The standard InChI is InChI=1S/C15H16N2O5/c1-9-8-13(22-17-9)15(19)21-10(2)14(18)16-11-4-6-12(20-3)7-5-11/h4-8,10H,1-3H3,(H,16,18)/t10-/m0/s1. The lowest BCUT2D eigenvalue weighted by Gasteiger charge is -2.12. The van der Waals surface area contributed by atoms with Crippen LogP contribution in [0.1, 0.15) is 23.2 Å². The van der Waals surface area contributed by atoms with E-state index < -0.39 is 18.0 Å². The molecule has 1 amide bonds. The van der Waals surface area contributed by atoms with Crippen LogP contribution in [-0.2, 0) is 9.53 Å². The molecular formula is C15H16N2O5. The van der Waals surface area contributed by atoms with Gasteiger partial charge in [0.05, 0.1) is 12.8 Å². The second-order valence-electron chi connectivity index (χ2n) is 4.60. The highest BCUT2D eigenvalue weighted by atomic mass is 16.6. The van der Waals surface area contributed by atoms with Crippen LogP contribution in [0.25, 0.3) is 0 Å². The summed E-state index contributed by atoms with van der Waals surface area (Å²) in [5.41, 5.74) is 1.13. The van der Waals surface area contributed by atoms with Crippen molar-refractivity contribution in [3.05, 3.63) is 41.8 Å². The van der Waals surface area contributed by atoms with Gasteiger partial charge in [-0.15, -0.1) is 0 Å². The highest BCUT2D eigenvalue weighted by Crippen LogP contribution is 2.15. The van der Waals surface area contributed by atoms with Crippen LogP contribution in [0.2, 0.25) is 0 Å². The van der Waals surface area contributed by atoms with Crippen LogP contribution in [0.4, 0.5) is 5.69 Å². The number of nitrogens with one attached hydrogen (secondary N) is 1. The molecular weight excluding hydrogens is 288 g/mol. The summed E-state index contributed by atoms with van der Waals surface area (Å²) in [5, 5.41) is 6.22. The molecule has 0 spiro atoms. The minimum absolute atomic E-state index is 0.0402. The Kier molecular flexibility index (Phi) is 4.77. The number of aromatic nitrogens is 1. The number of carbonyl (C=O) groups is 2. The minimum atomic E-state index is -0.972. The Labute approximate surface area is 127 Å². The van der Waals surface area contributed by atoms with Crippen LogP contribution in [-0.4, -0.2) is 30.2 Å². The second kappa shape index (κ2) is 6.75. The number of esters is 1. The Morgan fingerprint density at radius 3 is 2.50 bits per heavy atom. The fraction of sp³-hybridized carbons (Fsp3) is 0.267. The molecule has 1 N–H and O–H groups in total. The molecule has 0 unspecified atom stereocenters. The quantitative estimate of drug-likeness (QED) is 0.851. The monoisotopic (exact) mass is 304 g/mol. The van der Waals surface area contributed by atoms with Gasteiger partial charge < -0.3 is 19.3 Å². The number of hydrogen-bond donors (Lipinski definition) is 1. The summed E-state index contributed by atoms with van der Waals surface area (Å²) in [5.74, 6) is -0.549. The maximum Gasteiger partial charge on any atom is 0.377 e. The van der Waals surface area contributed by atoms with Crippen molar-refractivity contribution < 1.29 is 23.6 Å². The van der Waals surface area contributed by atoms with Crippen molar-refractivity contribution in [2.24, 2.45) is 0 Å². The largest absolute Gasteiger partial charge is 0.497 e. The van der Waals surface area contributed by atoms with Gasteiger partial charge in [0.1, 0.15) is 5.75 Å². The van der Waals surface area contributed by atoms with Gasteiger partial charge in [0.2, 0.25) is 5.76 Å². The number of methoxy groups -OCH3 is 1. The van der Waals surface area contributed by atoms with E-state index >= 15 is 0 Å². The van der Waals surface area contributed by atoms with E-state index in [0.29, 0.717) is 17.1 Å². The second-order valence-corrected chi connectivity index (χ2v) is 4.60. The van der Waals surface area contributed by atoms with Crippen LogP contribution >= 0.6 is 0 Å². The van der Waals surface area contributed by atoms with Gasteiger partial charge in [0.15, 0.2) is 6.10 Å². The zero-order valence-corrected chi connectivity index (χ0v) is 12.5. The summed E-state index contributed by atoms with van der Waals surface area (Å²) >= 11 is 0. The van der Waals surface area contributed by atoms with E-state index in [0.717, 1.165) is 0 Å². The van der Waals surface area contributed by atoms with Gasteiger partial charge in [0, 0.05) is 11.8 Å². The fourth-order valence-electron chi connectivity index (χ4n) is 1.65. The van der Waals surface area contributed by atoms with Gasteiger partial charge in [-0.05, 0) is 38.1 Å². The molecule has 0 bridgehead atoms. The first-order valence-corrected chi connectivity index (χ1v) is 6.59. The summed E-state index contributed by atoms with van der Waals surface area (Å²) < 4.78 is 14.8. The van der Waals surface area contributed by atoms with E-state index in [9.17, 15) is 9.59 Å². The van der Waals surface area contributed by atoms with E-state index in [2.05, 4.69) is 10.5 Å². The summed E-state index contributed by atoms with van der Waals surface area (Å²) in [6.07, 6.45) is -0.972. The number of carbonyl (C=O) groups excluding carboxylic acids is 2. The van der Waals surface area contributed by atoms with Gasteiger partial charge in [-0.2, -0.15) is 0 Å². The first-order chi connectivity index (χ1) is 10.5. The molecule has 1 aromatic heterocycles.